The van der Waals surface area contributed by atoms with Gasteiger partial charge in [-0.05, 0) is 177 Å². The molecular weight excluding hydrogens is 653 g/mol. The standard InChI is InChI=1S/C17H30N2O2.C13H24N2O2.C12H22N2/c1-17(2,3)21-16(20)19-13-7-8-14(19)10-15(9-13)18(4)11-12-5-6-12;1-13(2,3)17-12(16)15-10-5-6-11(15)8-9(7-10)14-4;1-14(8-9-2-3-9)12-6-10-4-5-11(7-12)13-10/h12-15H,5-11H2,1-4H3;9-11,14H,5-8H2,1-4H3;9-13H,2-8H2,1H3/t13-,14+,15?;9?,10-,11+;10-,11+,12?. The van der Waals surface area contributed by atoms with Gasteiger partial charge in [0.25, 0.3) is 0 Å². The smallest absolute Gasteiger partial charge is 0.410 e. The van der Waals surface area contributed by atoms with Crippen molar-refractivity contribution in [3.8, 4) is 0 Å². The van der Waals surface area contributed by atoms with Gasteiger partial charge >= 0.3 is 12.2 Å². The number of carbonyl (C=O) groups is 2. The molecule has 298 valence electrons. The van der Waals surface area contributed by atoms with E-state index in [1.807, 2.05) is 58.4 Å². The van der Waals surface area contributed by atoms with E-state index in [4.69, 9.17) is 9.47 Å². The van der Waals surface area contributed by atoms with Crippen LogP contribution in [0.15, 0.2) is 0 Å². The van der Waals surface area contributed by atoms with E-state index >= 15 is 0 Å². The lowest BCUT2D eigenvalue weighted by Crippen LogP contribution is -2.53. The summed E-state index contributed by atoms with van der Waals surface area (Å²) in [5.74, 6) is 1.99. The van der Waals surface area contributed by atoms with Crippen molar-refractivity contribution < 1.29 is 19.1 Å². The van der Waals surface area contributed by atoms with Gasteiger partial charge in [0, 0.05) is 67.5 Å². The van der Waals surface area contributed by atoms with E-state index in [1.165, 1.54) is 64.5 Å². The van der Waals surface area contributed by atoms with Crippen molar-refractivity contribution in [2.75, 3.05) is 34.2 Å². The van der Waals surface area contributed by atoms with Crippen LogP contribution in [0.2, 0.25) is 0 Å². The second-order valence-corrected chi connectivity index (χ2v) is 20.2. The van der Waals surface area contributed by atoms with E-state index < -0.39 is 11.2 Å². The summed E-state index contributed by atoms with van der Waals surface area (Å²) in [6, 6.07) is 5.33. The number of fused-ring (bicyclic) bond motifs is 6. The van der Waals surface area contributed by atoms with Gasteiger partial charge in [-0.15, -0.1) is 0 Å². The van der Waals surface area contributed by atoms with E-state index in [0.29, 0.717) is 36.3 Å². The molecule has 0 aromatic rings. The first kappa shape index (κ1) is 40.1. The third-order valence-electron chi connectivity index (χ3n) is 13.2. The third-order valence-corrected chi connectivity index (χ3v) is 13.2. The van der Waals surface area contributed by atoms with Crippen LogP contribution in [0.25, 0.3) is 0 Å². The van der Waals surface area contributed by atoms with Gasteiger partial charge in [0.2, 0.25) is 0 Å². The molecule has 6 aliphatic heterocycles. The van der Waals surface area contributed by atoms with Gasteiger partial charge < -0.3 is 39.7 Å². The number of ether oxygens (including phenoxy) is 2. The summed E-state index contributed by atoms with van der Waals surface area (Å²) in [7, 11) is 6.62. The fraction of sp³-hybridized carbons (Fsp3) is 0.952. The summed E-state index contributed by atoms with van der Waals surface area (Å²) in [6.07, 6.45) is 20.2. The van der Waals surface area contributed by atoms with Crippen molar-refractivity contribution in [3.05, 3.63) is 0 Å². The maximum Gasteiger partial charge on any atom is 0.410 e. The molecule has 52 heavy (non-hydrogen) atoms. The second kappa shape index (κ2) is 16.6. The lowest BCUT2D eigenvalue weighted by Gasteiger charge is -2.42. The molecule has 8 fully saturated rings. The molecule has 3 unspecified atom stereocenters. The SMILES string of the molecule is CN(CC1CC1)C1C[C@H]2CC[C@@H](C1)N2.CN(CC1CC1)C1C[C@H]2CC[C@@H](C1)N2C(=O)OC(C)(C)C.CNC1C[C@H]2CC[C@@H](C1)N2C(=O)OC(C)(C)C. The van der Waals surface area contributed by atoms with Gasteiger partial charge in [-0.3, -0.25) is 0 Å². The van der Waals surface area contributed by atoms with Crippen molar-refractivity contribution in [3.63, 3.8) is 0 Å². The fourth-order valence-electron chi connectivity index (χ4n) is 10.2. The Labute approximate surface area is 316 Å². The van der Waals surface area contributed by atoms with Crippen LogP contribution in [0.1, 0.15) is 144 Å². The Bertz CT molecular complexity index is 1160. The Kier molecular flexibility index (Phi) is 12.8. The molecule has 2 amide bonds. The summed E-state index contributed by atoms with van der Waals surface area (Å²) < 4.78 is 11.1. The predicted octanol–water partition coefficient (Wildman–Crippen LogP) is 7.01. The maximum atomic E-state index is 12.4. The molecule has 6 saturated heterocycles. The highest BCUT2D eigenvalue weighted by Gasteiger charge is 2.47. The summed E-state index contributed by atoms with van der Waals surface area (Å²) in [6.45, 7) is 14.2. The minimum absolute atomic E-state index is 0.0988. The number of nitrogens with zero attached hydrogens (tertiary/aromatic N) is 4. The average Bonchev–Trinajstić information content (AvgIpc) is 3.98. The van der Waals surface area contributed by atoms with Crippen molar-refractivity contribution in [1.29, 1.82) is 0 Å². The number of rotatable bonds is 7. The quantitative estimate of drug-likeness (QED) is 0.290. The van der Waals surface area contributed by atoms with Gasteiger partial charge in [0.15, 0.2) is 0 Å². The second-order valence-electron chi connectivity index (χ2n) is 20.2. The van der Waals surface area contributed by atoms with Crippen LogP contribution in [-0.4, -0.2) is 132 Å². The third kappa shape index (κ3) is 11.0. The number of nitrogens with one attached hydrogen (secondary N) is 2. The first-order chi connectivity index (χ1) is 24.5. The Balaban J connectivity index is 0.000000137. The molecule has 10 nitrogen and oxygen atoms in total. The van der Waals surface area contributed by atoms with Crippen LogP contribution in [0.5, 0.6) is 0 Å². The molecule has 6 bridgehead atoms. The molecule has 9 atom stereocenters. The Morgan fingerprint density at radius 2 is 0.962 bits per heavy atom. The van der Waals surface area contributed by atoms with Crippen molar-refractivity contribution >= 4 is 12.2 Å². The van der Waals surface area contributed by atoms with Crippen molar-refractivity contribution in [2.45, 2.75) is 210 Å². The van der Waals surface area contributed by atoms with E-state index in [2.05, 4.69) is 34.5 Å². The van der Waals surface area contributed by atoms with Crippen LogP contribution in [-0.2, 0) is 9.47 Å². The fourth-order valence-corrected chi connectivity index (χ4v) is 10.2. The van der Waals surface area contributed by atoms with E-state index in [-0.39, 0.29) is 12.2 Å². The van der Waals surface area contributed by atoms with Crippen LogP contribution >= 0.6 is 0 Å². The molecule has 10 heteroatoms. The highest BCUT2D eigenvalue weighted by Crippen LogP contribution is 2.40. The molecule has 0 aromatic heterocycles. The molecule has 6 heterocycles. The highest BCUT2D eigenvalue weighted by atomic mass is 16.6. The molecule has 2 saturated carbocycles. The molecule has 8 aliphatic rings. The zero-order chi connectivity index (χ0) is 37.4. The van der Waals surface area contributed by atoms with E-state index in [1.54, 1.807) is 0 Å². The van der Waals surface area contributed by atoms with Gasteiger partial charge in [0.05, 0.1) is 0 Å². The summed E-state index contributed by atoms with van der Waals surface area (Å²) >= 11 is 0. The number of amides is 2. The van der Waals surface area contributed by atoms with E-state index in [9.17, 15) is 9.59 Å². The van der Waals surface area contributed by atoms with E-state index in [0.717, 1.165) is 81.3 Å². The number of carbonyl (C=O) groups excluding carboxylic acids is 2. The lowest BCUT2D eigenvalue weighted by atomic mass is 9.96. The average molecular weight is 729 g/mol. The predicted molar refractivity (Wildman–Crippen MR) is 209 cm³/mol. The zero-order valence-corrected chi connectivity index (χ0v) is 34.5. The van der Waals surface area contributed by atoms with Gasteiger partial charge in [-0.2, -0.15) is 0 Å². The number of hydrogen-bond donors (Lipinski definition) is 2. The topological polar surface area (TPSA) is 89.6 Å². The molecule has 8 rings (SSSR count). The van der Waals surface area contributed by atoms with Gasteiger partial charge in [0.1, 0.15) is 11.2 Å². The molecule has 0 spiro atoms. The minimum Gasteiger partial charge on any atom is -0.444 e. The van der Waals surface area contributed by atoms with Crippen LogP contribution in [0, 0.1) is 11.8 Å². The zero-order valence-electron chi connectivity index (χ0n) is 34.5. The molecule has 0 radical (unpaired) electrons. The monoisotopic (exact) mass is 729 g/mol. The van der Waals surface area contributed by atoms with Crippen molar-refractivity contribution in [1.82, 2.24) is 30.2 Å². The van der Waals surface area contributed by atoms with Crippen LogP contribution in [0.3, 0.4) is 0 Å². The molecule has 0 aromatic carbocycles. The molecular formula is C42H76N6O4. The highest BCUT2D eigenvalue weighted by molar-refractivity contribution is 5.70. The Morgan fingerprint density at radius 3 is 1.31 bits per heavy atom. The largest absolute Gasteiger partial charge is 0.444 e. The Morgan fingerprint density at radius 1 is 0.596 bits per heavy atom. The lowest BCUT2D eigenvalue weighted by molar-refractivity contribution is -0.00263. The number of piperidine rings is 3. The first-order valence-corrected chi connectivity index (χ1v) is 21.4. The van der Waals surface area contributed by atoms with Gasteiger partial charge in [-0.25, -0.2) is 9.59 Å². The summed E-state index contributed by atoms with van der Waals surface area (Å²) in [4.78, 5) is 33.8. The first-order valence-electron chi connectivity index (χ1n) is 21.4. The van der Waals surface area contributed by atoms with Crippen molar-refractivity contribution in [2.24, 2.45) is 11.8 Å². The maximum absolute atomic E-state index is 12.4. The minimum atomic E-state index is -0.393. The van der Waals surface area contributed by atoms with Crippen LogP contribution < -0.4 is 10.6 Å². The van der Waals surface area contributed by atoms with Gasteiger partial charge in [-0.1, -0.05) is 0 Å². The Hall–Kier alpha value is -1.62. The number of hydrogen-bond acceptors (Lipinski definition) is 8. The van der Waals surface area contributed by atoms with Crippen LogP contribution in [0.4, 0.5) is 9.59 Å². The molecule has 2 N–H and O–H groups in total. The summed E-state index contributed by atoms with van der Waals surface area (Å²) in [5, 5.41) is 7.05. The molecule has 2 aliphatic carbocycles. The normalized spacial score (nSPS) is 35.2. The summed E-state index contributed by atoms with van der Waals surface area (Å²) in [5.41, 5.74) is -0.785.